The average Bonchev–Trinajstić information content (AvgIpc) is 3.10. The lowest BCUT2D eigenvalue weighted by Gasteiger charge is -2.24. The van der Waals surface area contributed by atoms with Crippen LogP contribution in [0.4, 0.5) is 0 Å². The second-order valence-corrected chi connectivity index (χ2v) is 7.57. The molecule has 1 atom stereocenters. The van der Waals surface area contributed by atoms with E-state index in [2.05, 4.69) is 98.5 Å². The van der Waals surface area contributed by atoms with Gasteiger partial charge in [0.15, 0.2) is 0 Å². The molecule has 0 aliphatic heterocycles. The molecule has 1 saturated carbocycles. The van der Waals surface area contributed by atoms with Gasteiger partial charge < -0.3 is 0 Å². The van der Waals surface area contributed by atoms with E-state index in [0.717, 1.165) is 0 Å². The van der Waals surface area contributed by atoms with Gasteiger partial charge in [0.25, 0.3) is 0 Å². The molecule has 0 heterocycles. The monoisotopic (exact) mass is 299 g/mol. The number of rotatable bonds is 3. The van der Waals surface area contributed by atoms with Gasteiger partial charge in [-0.3, -0.25) is 0 Å². The topological polar surface area (TPSA) is 0 Å². The van der Waals surface area contributed by atoms with E-state index in [0.29, 0.717) is 0 Å². The van der Waals surface area contributed by atoms with Gasteiger partial charge in [-0.05, 0) is 61.1 Å². The van der Waals surface area contributed by atoms with E-state index in [1.54, 1.807) is 0 Å². The summed E-state index contributed by atoms with van der Waals surface area (Å²) < 4.78 is 0. The van der Waals surface area contributed by atoms with Crippen molar-refractivity contribution in [1.82, 2.24) is 0 Å². The van der Waals surface area contributed by atoms with Gasteiger partial charge in [-0.1, -0.05) is 66.7 Å². The maximum atomic E-state index is 2.35. The summed E-state index contributed by atoms with van der Waals surface area (Å²) in [4.78, 5) is 0. The summed E-state index contributed by atoms with van der Waals surface area (Å²) in [5, 5.41) is 5.43. The van der Waals surface area contributed by atoms with E-state index < -0.39 is 7.92 Å². The molecular formula is C21H16P. The minimum atomic E-state index is -0.482. The van der Waals surface area contributed by atoms with Gasteiger partial charge in [0.2, 0.25) is 0 Å². The summed E-state index contributed by atoms with van der Waals surface area (Å²) in [6.45, 7) is 0. The minimum absolute atomic E-state index is 0.482. The van der Waals surface area contributed by atoms with Gasteiger partial charge in [0.1, 0.15) is 0 Å². The van der Waals surface area contributed by atoms with Gasteiger partial charge in [-0.15, -0.1) is 0 Å². The summed E-state index contributed by atoms with van der Waals surface area (Å²) in [5.74, 6) is 0. The van der Waals surface area contributed by atoms with Crippen molar-refractivity contribution in [2.75, 3.05) is 0 Å². The fraction of sp³-hybridized carbons (Fsp3) is 0. The first-order valence-corrected chi connectivity index (χ1v) is 8.82. The van der Waals surface area contributed by atoms with Gasteiger partial charge in [0, 0.05) is 5.66 Å². The highest BCUT2D eigenvalue weighted by atomic mass is 31.1. The maximum absolute atomic E-state index is 2.35. The van der Waals surface area contributed by atoms with Crippen molar-refractivity contribution < 1.29 is 0 Å². The summed E-state index contributed by atoms with van der Waals surface area (Å²) in [6, 6.07) is 26.3. The third-order valence-electron chi connectivity index (χ3n) is 3.91. The second kappa shape index (κ2) is 6.23. The third-order valence-corrected chi connectivity index (χ3v) is 6.33. The molecule has 1 fully saturated rings. The smallest absolute Gasteiger partial charge is 0.0161 e. The standard InChI is InChI=1S/C21H16P/c1-2-10-19(11-3-1)22(20-12-6-7-13-20)21-15-14-17-8-4-5-9-18(17)16-21/h1-16H/t22-/m1/s1. The molecule has 0 spiro atoms. The molecule has 1 heteroatoms. The molecular weight excluding hydrogens is 283 g/mol. The van der Waals surface area contributed by atoms with Crippen LogP contribution in [0, 0.1) is 31.3 Å². The summed E-state index contributed by atoms with van der Waals surface area (Å²) >= 11 is 0. The van der Waals surface area contributed by atoms with E-state index in [4.69, 9.17) is 0 Å². The minimum Gasteiger partial charge on any atom is -0.0622 e. The normalized spacial score (nSPS) is 16.9. The van der Waals surface area contributed by atoms with Crippen LogP contribution in [0.25, 0.3) is 10.8 Å². The number of fused-ring (bicyclic) bond motifs is 1. The zero-order chi connectivity index (χ0) is 14.8. The Morgan fingerprint density at radius 2 is 1.23 bits per heavy atom. The Morgan fingerprint density at radius 3 is 2.00 bits per heavy atom. The second-order valence-electron chi connectivity index (χ2n) is 5.35. The first-order chi connectivity index (χ1) is 10.9. The molecule has 3 aromatic carbocycles. The largest absolute Gasteiger partial charge is 0.0622 e. The molecule has 105 valence electrons. The number of hydrogen-bond donors (Lipinski definition) is 0. The van der Waals surface area contributed by atoms with E-state index in [-0.39, 0.29) is 0 Å². The highest BCUT2D eigenvalue weighted by Crippen LogP contribution is 2.51. The quantitative estimate of drug-likeness (QED) is 0.618. The van der Waals surface area contributed by atoms with Crippen LogP contribution in [-0.4, -0.2) is 0 Å². The van der Waals surface area contributed by atoms with E-state index in [9.17, 15) is 0 Å². The molecule has 0 N–H and O–H groups in total. The van der Waals surface area contributed by atoms with Crippen LogP contribution >= 0.6 is 7.92 Å². The van der Waals surface area contributed by atoms with Crippen molar-refractivity contribution in [2.45, 2.75) is 0 Å². The molecule has 0 amide bonds. The molecule has 0 nitrogen and oxygen atoms in total. The molecule has 4 rings (SSSR count). The van der Waals surface area contributed by atoms with Gasteiger partial charge in [-0.2, -0.15) is 0 Å². The zero-order valence-corrected chi connectivity index (χ0v) is 13.1. The van der Waals surface area contributed by atoms with Gasteiger partial charge in [-0.25, -0.2) is 0 Å². The molecule has 0 unspecified atom stereocenters. The lowest BCUT2D eigenvalue weighted by Crippen LogP contribution is -2.16. The summed E-state index contributed by atoms with van der Waals surface area (Å²) in [6.07, 6.45) is 8.76. The Hall–Kier alpha value is -1.65. The van der Waals surface area contributed by atoms with Crippen LogP contribution in [-0.2, 0) is 0 Å². The zero-order valence-electron chi connectivity index (χ0n) is 12.2. The fourth-order valence-corrected chi connectivity index (χ4v) is 5.18. The van der Waals surface area contributed by atoms with E-state index in [1.807, 2.05) is 0 Å². The molecule has 0 bridgehead atoms. The highest BCUT2D eigenvalue weighted by molar-refractivity contribution is 7.76. The Balaban J connectivity index is 1.81. The molecule has 1 aliphatic rings. The molecule has 3 aromatic rings. The lowest BCUT2D eigenvalue weighted by atomic mass is 10.1. The molecule has 22 heavy (non-hydrogen) atoms. The Bertz CT molecular complexity index is 757. The van der Waals surface area contributed by atoms with Crippen molar-refractivity contribution in [3.63, 3.8) is 0 Å². The van der Waals surface area contributed by atoms with Crippen LogP contribution in [0.2, 0.25) is 0 Å². The van der Waals surface area contributed by atoms with E-state index >= 15 is 0 Å². The van der Waals surface area contributed by atoms with Crippen molar-refractivity contribution in [1.29, 1.82) is 0 Å². The first kappa shape index (κ1) is 14.0. The summed E-state index contributed by atoms with van der Waals surface area (Å²) in [7, 11) is -0.482. The van der Waals surface area contributed by atoms with Crippen molar-refractivity contribution in [3.8, 4) is 0 Å². The first-order valence-electron chi connectivity index (χ1n) is 7.47. The Labute approximate surface area is 133 Å². The number of benzene rings is 3. The predicted molar refractivity (Wildman–Crippen MR) is 97.0 cm³/mol. The summed E-state index contributed by atoms with van der Waals surface area (Å²) in [5.41, 5.74) is 1.41. The van der Waals surface area contributed by atoms with Crippen LogP contribution in [0.3, 0.4) is 0 Å². The van der Waals surface area contributed by atoms with Crippen LogP contribution in [0.5, 0.6) is 0 Å². The van der Waals surface area contributed by atoms with Gasteiger partial charge >= 0.3 is 0 Å². The fourth-order valence-electron chi connectivity index (χ4n) is 2.85. The molecule has 1 aliphatic carbocycles. The number of hydrogen-bond acceptors (Lipinski definition) is 0. The SMILES string of the molecule is [CH]1[CH][CH][C]([P@@](c2ccccc2)c2ccc3ccccc3c2)[CH]1. The van der Waals surface area contributed by atoms with Crippen molar-refractivity contribution in [3.05, 3.63) is 104 Å². The van der Waals surface area contributed by atoms with E-state index in [1.165, 1.54) is 27.0 Å². The van der Waals surface area contributed by atoms with Crippen molar-refractivity contribution >= 4 is 29.3 Å². The highest BCUT2D eigenvalue weighted by Gasteiger charge is 2.28. The molecule has 5 radical (unpaired) electrons. The lowest BCUT2D eigenvalue weighted by molar-refractivity contribution is 1.52. The van der Waals surface area contributed by atoms with Crippen LogP contribution in [0.15, 0.2) is 72.8 Å². The van der Waals surface area contributed by atoms with Crippen molar-refractivity contribution in [2.24, 2.45) is 0 Å². The van der Waals surface area contributed by atoms with Crippen LogP contribution in [0.1, 0.15) is 0 Å². The van der Waals surface area contributed by atoms with Crippen LogP contribution < -0.4 is 10.6 Å². The Morgan fingerprint density at radius 1 is 0.545 bits per heavy atom. The van der Waals surface area contributed by atoms with Gasteiger partial charge in [0.05, 0.1) is 0 Å². The average molecular weight is 299 g/mol. The maximum Gasteiger partial charge on any atom is 0.0161 e. The predicted octanol–water partition coefficient (Wildman–Crippen LogP) is 4.64. The molecule has 0 aromatic heterocycles. The Kier molecular flexibility index (Phi) is 3.95. The third kappa shape index (κ3) is 2.69. The molecule has 0 saturated heterocycles.